The van der Waals surface area contributed by atoms with E-state index in [4.69, 9.17) is 9.47 Å². The fourth-order valence-electron chi connectivity index (χ4n) is 5.03. The van der Waals surface area contributed by atoms with Crippen molar-refractivity contribution in [3.63, 3.8) is 0 Å². The lowest BCUT2D eigenvalue weighted by atomic mass is 9.76. The molecule has 0 saturated heterocycles. The van der Waals surface area contributed by atoms with Gasteiger partial charge in [0.1, 0.15) is 5.75 Å². The minimum Gasteiger partial charge on any atom is -0.497 e. The molecule has 0 amide bonds. The van der Waals surface area contributed by atoms with Gasteiger partial charge in [-0.3, -0.25) is 0 Å². The van der Waals surface area contributed by atoms with Gasteiger partial charge >= 0.3 is 0 Å². The largest absolute Gasteiger partial charge is 0.497 e. The molecule has 0 heterocycles. The molecule has 0 aliphatic heterocycles. The summed E-state index contributed by atoms with van der Waals surface area (Å²) >= 11 is 0. The van der Waals surface area contributed by atoms with E-state index in [1.807, 2.05) is 0 Å². The summed E-state index contributed by atoms with van der Waals surface area (Å²) in [6.45, 7) is 1.99. The quantitative estimate of drug-likeness (QED) is 0.299. The highest BCUT2D eigenvalue weighted by atomic mass is 19.2. The Bertz CT molecular complexity index is 1150. The summed E-state index contributed by atoms with van der Waals surface area (Å²) in [4.78, 5) is 0. The minimum atomic E-state index is -0.941. The van der Waals surface area contributed by atoms with Crippen LogP contribution in [0.2, 0.25) is 0 Å². The van der Waals surface area contributed by atoms with Crippen molar-refractivity contribution in [2.45, 2.75) is 51.4 Å². The molecule has 1 fully saturated rings. The van der Waals surface area contributed by atoms with Gasteiger partial charge in [-0.25, -0.2) is 13.2 Å². The molecule has 4 rings (SSSR count). The van der Waals surface area contributed by atoms with Gasteiger partial charge in [0.25, 0.3) is 0 Å². The van der Waals surface area contributed by atoms with Crippen LogP contribution in [0.1, 0.15) is 56.1 Å². The molecule has 0 N–H and O–H groups in total. The lowest BCUT2D eigenvalue weighted by Crippen LogP contribution is -2.16. The number of benzene rings is 3. The van der Waals surface area contributed by atoms with Crippen molar-refractivity contribution in [1.29, 1.82) is 0 Å². The van der Waals surface area contributed by atoms with Gasteiger partial charge in [0, 0.05) is 5.56 Å². The number of rotatable bonds is 8. The maximum atomic E-state index is 15.0. The van der Waals surface area contributed by atoms with Gasteiger partial charge in [-0.05, 0) is 92.2 Å². The van der Waals surface area contributed by atoms with E-state index >= 15 is 4.39 Å². The van der Waals surface area contributed by atoms with E-state index in [0.717, 1.165) is 32.1 Å². The van der Waals surface area contributed by atoms with Crippen LogP contribution < -0.4 is 9.47 Å². The number of methoxy groups -OCH3 is 1. The zero-order valence-electron chi connectivity index (χ0n) is 20.1. The summed E-state index contributed by atoms with van der Waals surface area (Å²) in [6.07, 6.45) is 4.32. The second kappa shape index (κ2) is 11.1. The Morgan fingerprint density at radius 2 is 1.49 bits per heavy atom. The number of ether oxygens (including phenoxy) is 2. The Kier molecular flexibility index (Phi) is 7.99. The average molecular weight is 487 g/mol. The fraction of sp³-hybridized carbons (Fsp3) is 0.379. The van der Waals surface area contributed by atoms with Crippen molar-refractivity contribution in [3.05, 3.63) is 82.9 Å². The van der Waals surface area contributed by atoms with Crippen LogP contribution >= 0.6 is 0 Å². The molecule has 0 aromatic heterocycles. The molecule has 3 aromatic rings. The van der Waals surface area contributed by atoms with Gasteiger partial charge in [-0.2, -0.15) is 4.39 Å². The fourth-order valence-corrected chi connectivity index (χ4v) is 5.03. The second-order valence-corrected chi connectivity index (χ2v) is 9.10. The molecule has 1 aliphatic carbocycles. The van der Waals surface area contributed by atoms with Gasteiger partial charge in [0.15, 0.2) is 23.2 Å². The molecule has 186 valence electrons. The number of hydrogen-bond donors (Lipinski definition) is 0. The SMILES string of the molecule is CCOc1ccc(CCC2CCC(c3ccc(-c4ccc(OC)cc4)c(F)c3F)CC2)c(F)c1F. The molecular formula is C29H30F4O2. The van der Waals surface area contributed by atoms with Crippen molar-refractivity contribution in [2.75, 3.05) is 13.7 Å². The predicted molar refractivity (Wildman–Crippen MR) is 129 cm³/mol. The smallest absolute Gasteiger partial charge is 0.200 e. The lowest BCUT2D eigenvalue weighted by Gasteiger charge is -2.29. The second-order valence-electron chi connectivity index (χ2n) is 9.10. The Hall–Kier alpha value is -3.02. The maximum absolute atomic E-state index is 15.0. The summed E-state index contributed by atoms with van der Waals surface area (Å²) in [5.74, 6) is -2.53. The number of halogens is 4. The van der Waals surface area contributed by atoms with Crippen molar-refractivity contribution in [1.82, 2.24) is 0 Å². The molecule has 0 atom stereocenters. The topological polar surface area (TPSA) is 18.5 Å². The van der Waals surface area contributed by atoms with E-state index in [2.05, 4.69) is 0 Å². The number of aryl methyl sites for hydroxylation is 1. The van der Waals surface area contributed by atoms with E-state index in [9.17, 15) is 13.2 Å². The third-order valence-electron chi connectivity index (χ3n) is 7.05. The summed E-state index contributed by atoms with van der Waals surface area (Å²) < 4.78 is 68.7. The molecule has 0 bridgehead atoms. The minimum absolute atomic E-state index is 0.0506. The monoisotopic (exact) mass is 486 g/mol. The maximum Gasteiger partial charge on any atom is 0.200 e. The van der Waals surface area contributed by atoms with Gasteiger partial charge in [-0.15, -0.1) is 0 Å². The molecule has 35 heavy (non-hydrogen) atoms. The first kappa shape index (κ1) is 25.1. The van der Waals surface area contributed by atoms with E-state index in [-0.39, 0.29) is 23.8 Å². The van der Waals surface area contributed by atoms with Crippen molar-refractivity contribution in [3.8, 4) is 22.6 Å². The van der Waals surface area contributed by atoms with Crippen LogP contribution in [0.15, 0.2) is 48.5 Å². The number of hydrogen-bond acceptors (Lipinski definition) is 2. The Balaban J connectivity index is 1.37. The Labute approximate surface area is 203 Å². The third kappa shape index (κ3) is 5.47. The molecule has 1 saturated carbocycles. The molecule has 2 nitrogen and oxygen atoms in total. The van der Waals surface area contributed by atoms with Gasteiger partial charge in [0.05, 0.1) is 13.7 Å². The molecular weight excluding hydrogens is 456 g/mol. The van der Waals surface area contributed by atoms with E-state index in [1.54, 1.807) is 56.5 Å². The van der Waals surface area contributed by atoms with Crippen molar-refractivity contribution in [2.24, 2.45) is 5.92 Å². The standard InChI is InChI=1S/C29H30F4O2/c1-3-35-25-17-12-21(26(30)29(25)33)9-6-18-4-7-19(8-5-18)23-15-16-24(28(32)27(23)31)20-10-13-22(34-2)14-11-20/h10-19H,3-9H2,1-2H3. The molecule has 0 unspecified atom stereocenters. The highest BCUT2D eigenvalue weighted by molar-refractivity contribution is 5.65. The lowest BCUT2D eigenvalue weighted by molar-refractivity contribution is 0.301. The average Bonchev–Trinajstić information content (AvgIpc) is 2.88. The highest BCUT2D eigenvalue weighted by Gasteiger charge is 2.27. The van der Waals surface area contributed by atoms with Gasteiger partial charge in [0.2, 0.25) is 5.82 Å². The van der Waals surface area contributed by atoms with E-state index in [0.29, 0.717) is 34.8 Å². The summed E-state index contributed by atoms with van der Waals surface area (Å²) in [7, 11) is 1.55. The van der Waals surface area contributed by atoms with Crippen LogP contribution in [0.5, 0.6) is 11.5 Å². The zero-order chi connectivity index (χ0) is 24.9. The van der Waals surface area contributed by atoms with E-state index < -0.39 is 23.3 Å². The van der Waals surface area contributed by atoms with Crippen LogP contribution in [-0.2, 0) is 6.42 Å². The molecule has 3 aromatic carbocycles. The predicted octanol–water partition coefficient (Wildman–Crippen LogP) is 8.22. The van der Waals surface area contributed by atoms with Crippen molar-refractivity contribution >= 4 is 0 Å². The van der Waals surface area contributed by atoms with Crippen LogP contribution in [0.3, 0.4) is 0 Å². The highest BCUT2D eigenvalue weighted by Crippen LogP contribution is 2.40. The summed E-state index contributed by atoms with van der Waals surface area (Å²) in [6, 6.07) is 13.2. The normalized spacial score (nSPS) is 17.9. The first-order valence-corrected chi connectivity index (χ1v) is 12.1. The summed E-state index contributed by atoms with van der Waals surface area (Å²) in [5.41, 5.74) is 1.58. The van der Waals surface area contributed by atoms with Crippen LogP contribution in [0.4, 0.5) is 17.6 Å². The molecule has 1 aliphatic rings. The first-order valence-electron chi connectivity index (χ1n) is 12.1. The Morgan fingerprint density at radius 3 is 2.14 bits per heavy atom. The van der Waals surface area contributed by atoms with Crippen LogP contribution in [0, 0.1) is 29.2 Å². The Morgan fingerprint density at radius 1 is 0.771 bits per heavy atom. The van der Waals surface area contributed by atoms with E-state index in [1.165, 1.54) is 6.07 Å². The van der Waals surface area contributed by atoms with Gasteiger partial charge < -0.3 is 9.47 Å². The van der Waals surface area contributed by atoms with Crippen molar-refractivity contribution < 1.29 is 27.0 Å². The zero-order valence-corrected chi connectivity index (χ0v) is 20.1. The third-order valence-corrected chi connectivity index (χ3v) is 7.05. The van der Waals surface area contributed by atoms with Crippen LogP contribution in [-0.4, -0.2) is 13.7 Å². The van der Waals surface area contributed by atoms with Gasteiger partial charge in [-0.1, -0.05) is 30.3 Å². The molecule has 6 heteroatoms. The first-order chi connectivity index (χ1) is 16.9. The molecule has 0 spiro atoms. The summed E-state index contributed by atoms with van der Waals surface area (Å²) in [5, 5.41) is 0. The molecule has 0 radical (unpaired) electrons. The van der Waals surface area contributed by atoms with Crippen LogP contribution in [0.25, 0.3) is 11.1 Å².